The Bertz CT molecular complexity index is 775. The molecule has 1 aromatic carbocycles. The minimum atomic E-state index is -0.493. The molecule has 1 saturated heterocycles. The average Bonchev–Trinajstić information content (AvgIpc) is 3.15. The molecule has 26 heavy (non-hydrogen) atoms. The Morgan fingerprint density at radius 1 is 1.31 bits per heavy atom. The van der Waals surface area contributed by atoms with Gasteiger partial charge in [0.15, 0.2) is 5.82 Å². The third-order valence-electron chi connectivity index (χ3n) is 4.93. The molecule has 0 spiro atoms. The highest BCUT2D eigenvalue weighted by molar-refractivity contribution is 5.94. The number of hydrogen-bond acceptors (Lipinski definition) is 5. The van der Waals surface area contributed by atoms with Gasteiger partial charge in [0.05, 0.1) is 18.1 Å². The Kier molecular flexibility index (Phi) is 4.97. The highest BCUT2D eigenvalue weighted by Gasteiger charge is 2.32. The van der Waals surface area contributed by atoms with Crippen LogP contribution in [-0.2, 0) is 11.2 Å². The first-order chi connectivity index (χ1) is 12.7. The smallest absolute Gasteiger partial charge is 0.256 e. The number of rotatable bonds is 7. The van der Waals surface area contributed by atoms with Crippen LogP contribution in [0.3, 0.4) is 0 Å². The van der Waals surface area contributed by atoms with Gasteiger partial charge in [-0.2, -0.15) is 4.98 Å². The molecular weight excluding hydrogens is 337 g/mol. The molecule has 2 aliphatic rings. The van der Waals surface area contributed by atoms with Crippen LogP contribution in [0.2, 0.25) is 0 Å². The van der Waals surface area contributed by atoms with Crippen LogP contribution in [0.25, 0.3) is 0 Å². The Balaban J connectivity index is 1.30. The summed E-state index contributed by atoms with van der Waals surface area (Å²) in [5.74, 6) is 1.14. The van der Waals surface area contributed by atoms with Crippen LogP contribution in [0.15, 0.2) is 28.8 Å². The Morgan fingerprint density at radius 3 is 2.96 bits per heavy atom. The van der Waals surface area contributed by atoms with Crippen molar-refractivity contribution in [3.8, 4) is 0 Å². The number of hydrogen-bond donors (Lipinski definition) is 0. The van der Waals surface area contributed by atoms with Gasteiger partial charge in [0.25, 0.3) is 5.91 Å². The lowest BCUT2D eigenvalue weighted by atomic mass is 10.1. The number of aromatic nitrogens is 2. The predicted molar refractivity (Wildman–Crippen MR) is 91.2 cm³/mol. The fourth-order valence-corrected chi connectivity index (χ4v) is 3.18. The fraction of sp³-hybridized carbons (Fsp3) is 0.526. The molecule has 1 atom stereocenters. The van der Waals surface area contributed by atoms with Gasteiger partial charge in [-0.15, -0.1) is 0 Å². The van der Waals surface area contributed by atoms with Crippen LogP contribution in [-0.4, -0.2) is 47.3 Å². The zero-order valence-corrected chi connectivity index (χ0v) is 14.6. The maximum atomic E-state index is 13.8. The zero-order valence-electron chi connectivity index (χ0n) is 14.6. The summed E-state index contributed by atoms with van der Waals surface area (Å²) in [7, 11) is 0. The van der Waals surface area contributed by atoms with E-state index in [2.05, 4.69) is 10.1 Å². The van der Waals surface area contributed by atoms with Crippen molar-refractivity contribution in [2.75, 3.05) is 26.3 Å². The molecule has 1 aliphatic carbocycles. The molecule has 6 nitrogen and oxygen atoms in total. The number of amides is 1. The van der Waals surface area contributed by atoms with Crippen LogP contribution >= 0.6 is 0 Å². The SMILES string of the molecule is O=C(c1ccccc1F)N1CCC(c2nc(CCOCC3CC3)no2)C1. The first-order valence-corrected chi connectivity index (χ1v) is 9.14. The molecule has 138 valence electrons. The highest BCUT2D eigenvalue weighted by atomic mass is 19.1. The van der Waals surface area contributed by atoms with Gasteiger partial charge in [0, 0.05) is 26.1 Å². The van der Waals surface area contributed by atoms with Crippen molar-refractivity contribution >= 4 is 5.91 Å². The van der Waals surface area contributed by atoms with Gasteiger partial charge in [-0.1, -0.05) is 17.3 Å². The molecule has 0 bridgehead atoms. The molecule has 2 heterocycles. The molecule has 1 unspecified atom stereocenters. The third-order valence-corrected chi connectivity index (χ3v) is 4.93. The van der Waals surface area contributed by atoms with Crippen molar-refractivity contribution in [2.24, 2.45) is 5.92 Å². The summed E-state index contributed by atoms with van der Waals surface area (Å²) < 4.78 is 24.8. The lowest BCUT2D eigenvalue weighted by Gasteiger charge is -2.16. The number of carbonyl (C=O) groups is 1. The number of ether oxygens (including phenoxy) is 1. The van der Waals surface area contributed by atoms with Crippen molar-refractivity contribution in [2.45, 2.75) is 31.6 Å². The van der Waals surface area contributed by atoms with E-state index < -0.39 is 5.82 Å². The van der Waals surface area contributed by atoms with E-state index in [1.165, 1.54) is 25.0 Å². The van der Waals surface area contributed by atoms with Crippen molar-refractivity contribution in [1.82, 2.24) is 15.0 Å². The lowest BCUT2D eigenvalue weighted by Crippen LogP contribution is -2.29. The summed E-state index contributed by atoms with van der Waals surface area (Å²) in [6.07, 6.45) is 3.91. The van der Waals surface area contributed by atoms with Crippen LogP contribution in [0.1, 0.15) is 47.3 Å². The quantitative estimate of drug-likeness (QED) is 0.711. The zero-order chi connectivity index (χ0) is 17.9. The van der Waals surface area contributed by atoms with Crippen molar-refractivity contribution < 1.29 is 18.4 Å². The molecule has 7 heteroatoms. The summed E-state index contributed by atoms with van der Waals surface area (Å²) in [4.78, 5) is 18.6. The molecule has 1 aliphatic heterocycles. The van der Waals surface area contributed by atoms with E-state index in [1.807, 2.05) is 0 Å². The summed E-state index contributed by atoms with van der Waals surface area (Å²) >= 11 is 0. The Morgan fingerprint density at radius 2 is 2.15 bits per heavy atom. The summed E-state index contributed by atoms with van der Waals surface area (Å²) in [5, 5.41) is 4.01. The number of nitrogens with zero attached hydrogens (tertiary/aromatic N) is 3. The number of benzene rings is 1. The molecule has 2 fully saturated rings. The minimum absolute atomic E-state index is 0.000596. The molecule has 1 saturated carbocycles. The van der Waals surface area contributed by atoms with Crippen LogP contribution in [0, 0.1) is 11.7 Å². The molecule has 0 radical (unpaired) electrons. The van der Waals surface area contributed by atoms with E-state index in [4.69, 9.17) is 9.26 Å². The minimum Gasteiger partial charge on any atom is -0.381 e. The average molecular weight is 359 g/mol. The van der Waals surface area contributed by atoms with Crippen LogP contribution < -0.4 is 0 Å². The fourth-order valence-electron chi connectivity index (χ4n) is 3.18. The molecule has 4 rings (SSSR count). The van der Waals surface area contributed by atoms with E-state index in [1.54, 1.807) is 17.0 Å². The van der Waals surface area contributed by atoms with Crippen molar-refractivity contribution in [3.63, 3.8) is 0 Å². The molecular formula is C19H22FN3O3. The normalized spacial score (nSPS) is 19.9. The Hall–Kier alpha value is -2.28. The second-order valence-electron chi connectivity index (χ2n) is 7.03. The molecule has 2 aromatic rings. The predicted octanol–water partition coefficient (Wildman–Crippen LogP) is 2.81. The van der Waals surface area contributed by atoms with E-state index >= 15 is 0 Å². The molecule has 1 amide bonds. The largest absolute Gasteiger partial charge is 0.381 e. The van der Waals surface area contributed by atoms with Gasteiger partial charge < -0.3 is 14.2 Å². The highest BCUT2D eigenvalue weighted by Crippen LogP contribution is 2.29. The standard InChI is InChI=1S/C19H22FN3O3/c20-16-4-2-1-3-15(16)19(24)23-9-7-14(11-23)18-21-17(22-26-18)8-10-25-12-13-5-6-13/h1-4,13-14H,5-12H2. The van der Waals surface area contributed by atoms with Gasteiger partial charge >= 0.3 is 0 Å². The van der Waals surface area contributed by atoms with E-state index in [-0.39, 0.29) is 17.4 Å². The second-order valence-corrected chi connectivity index (χ2v) is 7.03. The maximum Gasteiger partial charge on any atom is 0.256 e. The van der Waals surface area contributed by atoms with Gasteiger partial charge in [-0.25, -0.2) is 4.39 Å². The lowest BCUT2D eigenvalue weighted by molar-refractivity contribution is 0.0785. The maximum absolute atomic E-state index is 13.8. The molecule has 0 N–H and O–H groups in total. The third kappa shape index (κ3) is 3.93. The summed E-state index contributed by atoms with van der Waals surface area (Å²) in [6, 6.07) is 6.06. The first-order valence-electron chi connectivity index (χ1n) is 9.14. The van der Waals surface area contributed by atoms with Crippen molar-refractivity contribution in [3.05, 3.63) is 47.4 Å². The molecule has 1 aromatic heterocycles. The van der Waals surface area contributed by atoms with E-state index in [0.29, 0.717) is 37.8 Å². The van der Waals surface area contributed by atoms with Gasteiger partial charge in [-0.3, -0.25) is 4.79 Å². The second kappa shape index (κ2) is 7.53. The van der Waals surface area contributed by atoms with E-state index in [9.17, 15) is 9.18 Å². The topological polar surface area (TPSA) is 68.5 Å². The van der Waals surface area contributed by atoms with Gasteiger partial charge in [-0.05, 0) is 37.3 Å². The number of halogens is 1. The number of likely N-dealkylation sites (tertiary alicyclic amines) is 1. The van der Waals surface area contributed by atoms with Crippen LogP contribution in [0.5, 0.6) is 0 Å². The first kappa shape index (κ1) is 17.1. The number of carbonyl (C=O) groups excluding carboxylic acids is 1. The summed E-state index contributed by atoms with van der Waals surface area (Å²) in [5.41, 5.74) is 0.104. The monoisotopic (exact) mass is 359 g/mol. The van der Waals surface area contributed by atoms with Crippen molar-refractivity contribution in [1.29, 1.82) is 0 Å². The van der Waals surface area contributed by atoms with E-state index in [0.717, 1.165) is 18.9 Å². The summed E-state index contributed by atoms with van der Waals surface area (Å²) in [6.45, 7) is 2.44. The van der Waals surface area contributed by atoms with Crippen LogP contribution in [0.4, 0.5) is 4.39 Å². The Labute approximate surface area is 151 Å². The van der Waals surface area contributed by atoms with Gasteiger partial charge in [0.2, 0.25) is 5.89 Å². The van der Waals surface area contributed by atoms with Gasteiger partial charge in [0.1, 0.15) is 5.82 Å².